The zero-order chi connectivity index (χ0) is 13.3. The van der Waals surface area contributed by atoms with Crippen LogP contribution in [-0.2, 0) is 6.42 Å². The topological polar surface area (TPSA) is 59.2 Å². The lowest BCUT2D eigenvalue weighted by Crippen LogP contribution is -2.30. The molecule has 0 spiro atoms. The van der Waals surface area contributed by atoms with Crippen LogP contribution in [0.2, 0.25) is 0 Å². The summed E-state index contributed by atoms with van der Waals surface area (Å²) in [5.41, 5.74) is 0. The van der Waals surface area contributed by atoms with Crippen LogP contribution in [0, 0.1) is 0 Å². The minimum absolute atomic E-state index is 0.204. The Morgan fingerprint density at radius 1 is 1.44 bits per heavy atom. The number of aliphatic hydroxyl groups is 1. The largest absolute Gasteiger partial charge is 0.414 e. The van der Waals surface area contributed by atoms with Crippen molar-refractivity contribution in [1.82, 2.24) is 10.1 Å². The van der Waals surface area contributed by atoms with Crippen molar-refractivity contribution < 1.29 is 22.8 Å². The van der Waals surface area contributed by atoms with Gasteiger partial charge in [0.1, 0.15) is 0 Å². The molecule has 98 valence electrons. The molecule has 0 amide bonds. The Kier molecular flexibility index (Phi) is 3.74. The molecule has 2 heterocycles. The summed E-state index contributed by atoms with van der Waals surface area (Å²) in [7, 11) is 0. The number of hydrogen-bond donors (Lipinski definition) is 1. The van der Waals surface area contributed by atoms with Crippen molar-refractivity contribution in [2.45, 2.75) is 18.7 Å². The molecule has 0 saturated heterocycles. The first-order valence-electron chi connectivity index (χ1n) is 4.69. The van der Waals surface area contributed by atoms with Crippen LogP contribution in [0.25, 0.3) is 10.7 Å². The molecular weight excluding hydrogens is 337 g/mol. The SMILES string of the molecule is OC(Cc1nc(-c2ccc(Br)s2)no1)C(F)(F)F. The van der Waals surface area contributed by atoms with Gasteiger partial charge in [-0.05, 0) is 28.1 Å². The van der Waals surface area contributed by atoms with Gasteiger partial charge < -0.3 is 9.63 Å². The quantitative estimate of drug-likeness (QED) is 0.931. The molecule has 1 N–H and O–H groups in total. The number of halogens is 4. The van der Waals surface area contributed by atoms with Gasteiger partial charge in [0.05, 0.1) is 15.1 Å². The fourth-order valence-electron chi connectivity index (χ4n) is 1.15. The van der Waals surface area contributed by atoms with Crippen molar-refractivity contribution in [3.8, 4) is 10.7 Å². The summed E-state index contributed by atoms with van der Waals surface area (Å²) in [6, 6.07) is 3.48. The van der Waals surface area contributed by atoms with Crippen LogP contribution >= 0.6 is 27.3 Å². The zero-order valence-electron chi connectivity index (χ0n) is 8.61. The highest BCUT2D eigenvalue weighted by molar-refractivity contribution is 9.11. The minimum atomic E-state index is -4.69. The molecule has 0 aromatic carbocycles. The molecule has 0 radical (unpaired) electrons. The van der Waals surface area contributed by atoms with Gasteiger partial charge in [0.2, 0.25) is 11.7 Å². The third-order valence-corrected chi connectivity index (χ3v) is 3.63. The molecule has 0 saturated carbocycles. The van der Waals surface area contributed by atoms with Gasteiger partial charge in [-0.15, -0.1) is 11.3 Å². The maximum absolute atomic E-state index is 12.1. The highest BCUT2D eigenvalue weighted by Gasteiger charge is 2.39. The highest BCUT2D eigenvalue weighted by atomic mass is 79.9. The molecule has 2 rings (SSSR count). The summed E-state index contributed by atoms with van der Waals surface area (Å²) in [6.07, 6.45) is -7.94. The third-order valence-electron chi connectivity index (χ3n) is 2.01. The van der Waals surface area contributed by atoms with E-state index < -0.39 is 18.7 Å². The van der Waals surface area contributed by atoms with E-state index in [0.717, 1.165) is 3.79 Å². The van der Waals surface area contributed by atoms with E-state index in [-0.39, 0.29) is 11.7 Å². The monoisotopic (exact) mass is 342 g/mol. The fourth-order valence-corrected chi connectivity index (χ4v) is 2.47. The smallest absolute Gasteiger partial charge is 0.383 e. The van der Waals surface area contributed by atoms with Gasteiger partial charge in [-0.1, -0.05) is 5.16 Å². The van der Waals surface area contributed by atoms with E-state index in [1.165, 1.54) is 11.3 Å². The lowest BCUT2D eigenvalue weighted by atomic mass is 10.2. The maximum atomic E-state index is 12.1. The Balaban J connectivity index is 2.12. The van der Waals surface area contributed by atoms with Gasteiger partial charge in [0.15, 0.2) is 6.10 Å². The van der Waals surface area contributed by atoms with Gasteiger partial charge in [0, 0.05) is 0 Å². The van der Waals surface area contributed by atoms with Crippen LogP contribution in [0.1, 0.15) is 5.89 Å². The Hall–Kier alpha value is -0.930. The van der Waals surface area contributed by atoms with Gasteiger partial charge in [-0.2, -0.15) is 18.2 Å². The molecule has 9 heteroatoms. The normalized spacial score (nSPS) is 13.8. The maximum Gasteiger partial charge on any atom is 0.414 e. The van der Waals surface area contributed by atoms with E-state index >= 15 is 0 Å². The van der Waals surface area contributed by atoms with Crippen LogP contribution in [-0.4, -0.2) is 27.5 Å². The van der Waals surface area contributed by atoms with E-state index in [1.54, 1.807) is 12.1 Å². The minimum Gasteiger partial charge on any atom is -0.383 e. The average molecular weight is 343 g/mol. The zero-order valence-corrected chi connectivity index (χ0v) is 11.0. The molecule has 0 fully saturated rings. The van der Waals surface area contributed by atoms with Gasteiger partial charge >= 0.3 is 6.18 Å². The number of alkyl halides is 3. The second kappa shape index (κ2) is 4.98. The lowest BCUT2D eigenvalue weighted by Gasteiger charge is -2.11. The molecule has 18 heavy (non-hydrogen) atoms. The lowest BCUT2D eigenvalue weighted by molar-refractivity contribution is -0.204. The summed E-state index contributed by atoms with van der Waals surface area (Å²) >= 11 is 4.57. The molecule has 4 nitrogen and oxygen atoms in total. The number of thiophene rings is 1. The van der Waals surface area contributed by atoms with Gasteiger partial charge in [0.25, 0.3) is 0 Å². The number of aromatic nitrogens is 2. The highest BCUT2D eigenvalue weighted by Crippen LogP contribution is 2.30. The molecule has 0 aliphatic carbocycles. The summed E-state index contributed by atoms with van der Waals surface area (Å²) in [4.78, 5) is 4.46. The summed E-state index contributed by atoms with van der Waals surface area (Å²) in [6.45, 7) is 0. The first-order chi connectivity index (χ1) is 8.36. The van der Waals surface area contributed by atoms with Crippen molar-refractivity contribution in [2.24, 2.45) is 0 Å². The molecule has 2 aromatic rings. The Labute approximate surface area is 112 Å². The van der Waals surface area contributed by atoms with E-state index in [0.29, 0.717) is 4.88 Å². The van der Waals surface area contributed by atoms with Crippen LogP contribution < -0.4 is 0 Å². The Morgan fingerprint density at radius 3 is 2.72 bits per heavy atom. The number of hydrogen-bond acceptors (Lipinski definition) is 5. The van der Waals surface area contributed by atoms with Crippen LogP contribution in [0.5, 0.6) is 0 Å². The third kappa shape index (κ3) is 3.09. The van der Waals surface area contributed by atoms with E-state index in [4.69, 9.17) is 5.11 Å². The molecule has 1 unspecified atom stereocenters. The Bertz CT molecular complexity index is 540. The standard InChI is InChI=1S/C9H6BrF3N2O2S/c10-6-2-1-4(18-6)8-14-7(17-15-8)3-5(16)9(11,12)13/h1-2,5,16H,3H2. The van der Waals surface area contributed by atoms with Crippen molar-refractivity contribution in [3.63, 3.8) is 0 Å². The first-order valence-corrected chi connectivity index (χ1v) is 6.30. The fraction of sp³-hybridized carbons (Fsp3) is 0.333. The second-order valence-electron chi connectivity index (χ2n) is 3.38. The predicted octanol–water partition coefficient (Wildman–Crippen LogP) is 3.03. The summed E-state index contributed by atoms with van der Waals surface area (Å²) in [5, 5.41) is 12.4. The van der Waals surface area contributed by atoms with E-state index in [1.807, 2.05) is 0 Å². The Morgan fingerprint density at radius 2 is 2.17 bits per heavy atom. The average Bonchev–Trinajstić information content (AvgIpc) is 2.85. The molecule has 0 bridgehead atoms. The van der Waals surface area contributed by atoms with Crippen LogP contribution in [0.15, 0.2) is 20.4 Å². The van der Waals surface area contributed by atoms with Crippen molar-refractivity contribution in [2.75, 3.05) is 0 Å². The second-order valence-corrected chi connectivity index (χ2v) is 5.84. The predicted molar refractivity (Wildman–Crippen MR) is 61.1 cm³/mol. The molecule has 1 atom stereocenters. The number of rotatable bonds is 3. The molecule has 2 aromatic heterocycles. The summed E-state index contributed by atoms with van der Waals surface area (Å²) < 4.78 is 41.9. The summed E-state index contributed by atoms with van der Waals surface area (Å²) in [5.74, 6) is -0.0468. The molecular formula is C9H6BrF3N2O2S. The van der Waals surface area contributed by atoms with Gasteiger partial charge in [-0.25, -0.2) is 0 Å². The number of nitrogens with zero attached hydrogens (tertiary/aromatic N) is 2. The van der Waals surface area contributed by atoms with Crippen LogP contribution in [0.3, 0.4) is 0 Å². The van der Waals surface area contributed by atoms with Crippen LogP contribution in [0.4, 0.5) is 13.2 Å². The van der Waals surface area contributed by atoms with Crippen molar-refractivity contribution in [3.05, 3.63) is 21.8 Å². The van der Waals surface area contributed by atoms with Gasteiger partial charge in [-0.3, -0.25) is 0 Å². The van der Waals surface area contributed by atoms with Crippen molar-refractivity contribution >= 4 is 27.3 Å². The van der Waals surface area contributed by atoms with Crippen molar-refractivity contribution in [1.29, 1.82) is 0 Å². The first kappa shape index (κ1) is 13.5. The molecule has 0 aliphatic heterocycles. The molecule has 0 aliphatic rings. The number of aliphatic hydroxyl groups excluding tert-OH is 1. The van der Waals surface area contributed by atoms with E-state index in [9.17, 15) is 13.2 Å². The van der Waals surface area contributed by atoms with E-state index in [2.05, 4.69) is 30.6 Å².